The van der Waals surface area contributed by atoms with Gasteiger partial charge in [-0.15, -0.1) is 13.2 Å². The first kappa shape index (κ1) is 33.4. The fourth-order valence-corrected chi connectivity index (χ4v) is 31.1. The molecule has 0 heterocycles. The molecule has 0 aromatic rings. The third-order valence-corrected chi connectivity index (χ3v) is 32.8. The molecule has 0 saturated carbocycles. The van der Waals surface area contributed by atoms with E-state index in [-0.39, 0.29) is 0 Å². The van der Waals surface area contributed by atoms with Crippen LogP contribution >= 0.6 is 0 Å². The Balaban J connectivity index is 6.37. The zero-order chi connectivity index (χ0) is 25.8. The molecular formula is C24H56O4Si5. The number of hydrogen-bond donors (Lipinski definition) is 0. The van der Waals surface area contributed by atoms with Gasteiger partial charge in [0.1, 0.15) is 0 Å². The summed E-state index contributed by atoms with van der Waals surface area (Å²) < 4.78 is 28.9. The molecule has 0 aliphatic rings. The molecule has 0 bridgehead atoms. The minimum atomic E-state index is -2.52. The van der Waals surface area contributed by atoms with E-state index in [2.05, 4.69) is 93.8 Å². The largest absolute Gasteiger partial charge is 0.432 e. The van der Waals surface area contributed by atoms with E-state index in [9.17, 15) is 0 Å². The van der Waals surface area contributed by atoms with Gasteiger partial charge in [-0.1, -0.05) is 80.6 Å². The molecule has 4 nitrogen and oxygen atoms in total. The summed E-state index contributed by atoms with van der Waals surface area (Å²) in [5, 5.41) is 0. The van der Waals surface area contributed by atoms with Crippen LogP contribution in [0.1, 0.15) is 69.2 Å². The van der Waals surface area contributed by atoms with E-state index in [1.165, 1.54) is 0 Å². The lowest BCUT2D eigenvalue weighted by Gasteiger charge is -2.48. The third-order valence-electron chi connectivity index (χ3n) is 7.89. The maximum absolute atomic E-state index is 7.32. The van der Waals surface area contributed by atoms with Crippen LogP contribution in [0.5, 0.6) is 0 Å². The molecule has 0 amide bonds. The van der Waals surface area contributed by atoms with Crippen molar-refractivity contribution in [3.63, 3.8) is 0 Å². The Morgan fingerprint density at radius 3 is 0.758 bits per heavy atom. The van der Waals surface area contributed by atoms with Gasteiger partial charge in [0.25, 0.3) is 0 Å². The van der Waals surface area contributed by atoms with Crippen LogP contribution in [-0.4, -0.2) is 42.3 Å². The molecule has 9 heteroatoms. The maximum Gasteiger partial charge on any atom is 0.320 e. The molecular weight excluding hydrogens is 493 g/mol. The second-order valence-electron chi connectivity index (χ2n) is 9.21. The van der Waals surface area contributed by atoms with Gasteiger partial charge in [-0.25, -0.2) is 0 Å². The van der Waals surface area contributed by atoms with Crippen LogP contribution < -0.4 is 0 Å². The summed E-state index contributed by atoms with van der Waals surface area (Å²) in [5.41, 5.74) is 4.27. The second-order valence-corrected chi connectivity index (χ2v) is 30.1. The zero-order valence-electron chi connectivity index (χ0n) is 23.8. The maximum atomic E-state index is 7.32. The van der Waals surface area contributed by atoms with E-state index in [4.69, 9.17) is 16.5 Å². The van der Waals surface area contributed by atoms with Crippen molar-refractivity contribution in [3.8, 4) is 0 Å². The van der Waals surface area contributed by atoms with E-state index >= 15 is 0 Å². The van der Waals surface area contributed by atoms with Gasteiger partial charge in [0, 0.05) is 0 Å². The lowest BCUT2D eigenvalue weighted by Crippen LogP contribution is -2.63. The van der Waals surface area contributed by atoms with E-state index in [1.54, 1.807) is 0 Å². The standard InChI is InChI=1S/C24H56O4Si5/c1-13-29(14-2,15-3)25-31(19-7,20-8)27-33(23-11,24-12)28-32(21-9,22-10)26-30(16-4,17-5)18-6/h13,16H,1,4,14-15,17-24H2,2-3,5-12H3. The highest BCUT2D eigenvalue weighted by atomic mass is 28.5. The summed E-state index contributed by atoms with van der Waals surface area (Å²) in [6, 6.07) is 9.86. The molecule has 0 N–H and O–H groups in total. The molecule has 196 valence electrons. The molecule has 0 rings (SSSR count). The summed E-state index contributed by atoms with van der Waals surface area (Å²) in [5.74, 6) is 0. The molecule has 0 aromatic carbocycles. The summed E-state index contributed by atoms with van der Waals surface area (Å²) >= 11 is 0. The van der Waals surface area contributed by atoms with E-state index < -0.39 is 42.3 Å². The number of hydrogen-bond acceptors (Lipinski definition) is 4. The lowest BCUT2D eigenvalue weighted by atomic mass is 10.9. The second kappa shape index (κ2) is 14.8. The molecule has 0 spiro atoms. The molecule has 33 heavy (non-hydrogen) atoms. The van der Waals surface area contributed by atoms with Crippen molar-refractivity contribution in [2.75, 3.05) is 0 Å². The Labute approximate surface area is 212 Å². The van der Waals surface area contributed by atoms with E-state index in [1.807, 2.05) is 0 Å². The molecule has 0 radical (unpaired) electrons. The van der Waals surface area contributed by atoms with Crippen molar-refractivity contribution < 1.29 is 16.5 Å². The fourth-order valence-electron chi connectivity index (χ4n) is 4.55. The number of rotatable bonds is 20. The Morgan fingerprint density at radius 1 is 0.394 bits per heavy atom. The minimum Gasteiger partial charge on any atom is -0.432 e. The van der Waals surface area contributed by atoms with Crippen LogP contribution in [0.2, 0.25) is 60.4 Å². The highest BCUT2D eigenvalue weighted by Crippen LogP contribution is 2.38. The fraction of sp³-hybridized carbons (Fsp3) is 0.833. The zero-order valence-corrected chi connectivity index (χ0v) is 28.8. The highest BCUT2D eigenvalue weighted by molar-refractivity contribution is 6.94. The molecule has 0 fully saturated rings. The molecule has 0 aliphatic carbocycles. The van der Waals surface area contributed by atoms with Crippen LogP contribution in [0.3, 0.4) is 0 Å². The molecule has 0 unspecified atom stereocenters. The topological polar surface area (TPSA) is 36.9 Å². The average Bonchev–Trinajstić information content (AvgIpc) is 2.89. The summed E-state index contributed by atoms with van der Waals surface area (Å²) in [7, 11) is -11.4. The van der Waals surface area contributed by atoms with Gasteiger partial charge < -0.3 is 16.5 Å². The van der Waals surface area contributed by atoms with Gasteiger partial charge in [0.05, 0.1) is 0 Å². The predicted molar refractivity (Wildman–Crippen MR) is 158 cm³/mol. The average molecular weight is 549 g/mol. The van der Waals surface area contributed by atoms with Crippen LogP contribution in [0.4, 0.5) is 0 Å². The predicted octanol–water partition coefficient (Wildman–Crippen LogP) is 8.92. The van der Waals surface area contributed by atoms with Crippen LogP contribution in [0, 0.1) is 0 Å². The summed E-state index contributed by atoms with van der Waals surface area (Å²) in [6.45, 7) is 30.9. The van der Waals surface area contributed by atoms with Gasteiger partial charge >= 0.3 is 25.7 Å². The SMILES string of the molecule is C=C[Si](CC)(CC)O[Si](CC)(CC)O[Si](CC)(CC)O[Si](CC)(CC)O[Si](C=C)(CC)CC. The Kier molecular flexibility index (Phi) is 15.0. The van der Waals surface area contributed by atoms with Gasteiger partial charge in [0.15, 0.2) is 0 Å². The highest BCUT2D eigenvalue weighted by Gasteiger charge is 2.53. The molecule has 0 atom stereocenters. The van der Waals surface area contributed by atoms with Crippen molar-refractivity contribution in [2.45, 2.75) is 130 Å². The van der Waals surface area contributed by atoms with Gasteiger partial charge in [-0.05, 0) is 60.4 Å². The van der Waals surface area contributed by atoms with E-state index in [0.29, 0.717) is 0 Å². The Hall–Kier alpha value is 0.404. The van der Waals surface area contributed by atoms with Crippen LogP contribution in [0.25, 0.3) is 0 Å². The van der Waals surface area contributed by atoms with Crippen molar-refractivity contribution in [1.82, 2.24) is 0 Å². The van der Waals surface area contributed by atoms with Gasteiger partial charge in [-0.3, -0.25) is 0 Å². The van der Waals surface area contributed by atoms with Gasteiger partial charge in [-0.2, -0.15) is 0 Å². The van der Waals surface area contributed by atoms with Crippen molar-refractivity contribution in [3.05, 3.63) is 24.6 Å². The first-order valence-corrected chi connectivity index (χ1v) is 25.1. The molecule has 0 aliphatic heterocycles. The summed E-state index contributed by atoms with van der Waals surface area (Å²) in [4.78, 5) is 0. The van der Waals surface area contributed by atoms with Crippen LogP contribution in [-0.2, 0) is 16.5 Å². The minimum absolute atomic E-state index is 0.932. The van der Waals surface area contributed by atoms with Gasteiger partial charge in [0.2, 0.25) is 16.6 Å². The Bertz CT molecular complexity index is 521. The molecule has 0 saturated heterocycles. The van der Waals surface area contributed by atoms with E-state index in [0.717, 1.165) is 60.4 Å². The first-order chi connectivity index (χ1) is 15.6. The van der Waals surface area contributed by atoms with Crippen molar-refractivity contribution in [2.24, 2.45) is 0 Å². The lowest BCUT2D eigenvalue weighted by molar-refractivity contribution is 0.273. The smallest absolute Gasteiger partial charge is 0.320 e. The first-order valence-electron chi connectivity index (χ1n) is 13.6. The summed E-state index contributed by atoms with van der Waals surface area (Å²) in [6.07, 6.45) is 0. The quantitative estimate of drug-likeness (QED) is 0.142. The monoisotopic (exact) mass is 548 g/mol. The third kappa shape index (κ3) is 8.21. The van der Waals surface area contributed by atoms with Crippen molar-refractivity contribution in [1.29, 1.82) is 0 Å². The molecule has 0 aromatic heterocycles. The Morgan fingerprint density at radius 2 is 0.606 bits per heavy atom. The normalized spacial score (nSPS) is 13.9. The van der Waals surface area contributed by atoms with Crippen LogP contribution in [0.15, 0.2) is 24.6 Å². The van der Waals surface area contributed by atoms with Crippen molar-refractivity contribution >= 4 is 42.3 Å².